The van der Waals surface area contributed by atoms with Gasteiger partial charge in [0, 0.05) is 17.4 Å². The van der Waals surface area contributed by atoms with Gasteiger partial charge < -0.3 is 15.4 Å². The van der Waals surface area contributed by atoms with E-state index < -0.39 is 17.6 Å². The molecule has 0 fully saturated rings. The summed E-state index contributed by atoms with van der Waals surface area (Å²) in [6, 6.07) is 11.3. The van der Waals surface area contributed by atoms with Gasteiger partial charge >= 0.3 is 6.18 Å². The molecule has 0 aliphatic heterocycles. The van der Waals surface area contributed by atoms with Crippen LogP contribution in [-0.2, 0) is 6.18 Å². The molecule has 1 heterocycles. The number of carbonyl (C=O) groups excluding carboxylic acids is 1. The van der Waals surface area contributed by atoms with E-state index in [1.54, 1.807) is 25.3 Å². The van der Waals surface area contributed by atoms with E-state index in [2.05, 4.69) is 20.6 Å². The Morgan fingerprint density at radius 2 is 1.75 bits per heavy atom. The zero-order chi connectivity index (χ0) is 20.1. The topological polar surface area (TPSA) is 76.1 Å². The quantitative estimate of drug-likeness (QED) is 0.673. The summed E-state index contributed by atoms with van der Waals surface area (Å²) in [5, 5.41) is 5.50. The Morgan fingerprint density at radius 3 is 2.36 bits per heavy atom. The van der Waals surface area contributed by atoms with Gasteiger partial charge in [-0.25, -0.2) is 9.97 Å². The largest absolute Gasteiger partial charge is 0.497 e. The Labute approximate surface area is 158 Å². The second-order valence-corrected chi connectivity index (χ2v) is 5.67. The molecule has 28 heavy (non-hydrogen) atoms. The number of methoxy groups -OCH3 is 1. The van der Waals surface area contributed by atoms with Gasteiger partial charge in [-0.2, -0.15) is 13.2 Å². The van der Waals surface area contributed by atoms with Crippen molar-refractivity contribution in [2.45, 2.75) is 6.18 Å². The number of nitrogens with zero attached hydrogens (tertiary/aromatic N) is 2. The standard InChI is InChI=1S/C19H15F3N4O2/c1-28-15-4-2-3-14(9-15)25-17-11-23-16(10-24-17)18(27)26-13-7-5-12(6-8-13)19(20,21)22/h2-11H,1H3,(H,24,25)(H,26,27). The molecular weight excluding hydrogens is 373 g/mol. The first-order valence-electron chi connectivity index (χ1n) is 8.07. The number of anilines is 3. The number of ether oxygens (including phenoxy) is 1. The van der Waals surface area contributed by atoms with E-state index in [9.17, 15) is 18.0 Å². The molecule has 0 atom stereocenters. The number of benzene rings is 2. The Kier molecular flexibility index (Phi) is 5.44. The monoisotopic (exact) mass is 388 g/mol. The van der Waals surface area contributed by atoms with Crippen LogP contribution in [0.2, 0.25) is 0 Å². The van der Waals surface area contributed by atoms with Crippen molar-refractivity contribution in [1.82, 2.24) is 9.97 Å². The molecule has 0 aliphatic carbocycles. The third-order valence-electron chi connectivity index (χ3n) is 3.70. The first-order chi connectivity index (χ1) is 13.3. The van der Waals surface area contributed by atoms with Gasteiger partial charge in [0.25, 0.3) is 5.91 Å². The number of carbonyl (C=O) groups is 1. The van der Waals surface area contributed by atoms with E-state index in [-0.39, 0.29) is 11.4 Å². The highest BCUT2D eigenvalue weighted by molar-refractivity contribution is 6.02. The van der Waals surface area contributed by atoms with E-state index in [4.69, 9.17) is 4.74 Å². The SMILES string of the molecule is COc1cccc(Nc2cnc(C(=O)Nc3ccc(C(F)(F)F)cc3)cn2)c1. The first-order valence-corrected chi connectivity index (χ1v) is 8.07. The van der Waals surface area contributed by atoms with Crippen LogP contribution in [-0.4, -0.2) is 23.0 Å². The average Bonchev–Trinajstić information content (AvgIpc) is 2.68. The minimum Gasteiger partial charge on any atom is -0.497 e. The van der Waals surface area contributed by atoms with E-state index in [0.29, 0.717) is 11.6 Å². The van der Waals surface area contributed by atoms with Gasteiger partial charge in [-0.05, 0) is 36.4 Å². The molecule has 9 heteroatoms. The number of amides is 1. The van der Waals surface area contributed by atoms with Gasteiger partial charge in [0.1, 0.15) is 17.3 Å². The van der Waals surface area contributed by atoms with Crippen LogP contribution in [0.3, 0.4) is 0 Å². The fraction of sp³-hybridized carbons (Fsp3) is 0.105. The summed E-state index contributed by atoms with van der Waals surface area (Å²) < 4.78 is 42.8. The molecule has 0 radical (unpaired) electrons. The molecule has 3 rings (SSSR count). The lowest BCUT2D eigenvalue weighted by Gasteiger charge is -2.09. The van der Waals surface area contributed by atoms with Crippen LogP contribution in [0.1, 0.15) is 16.1 Å². The summed E-state index contributed by atoms with van der Waals surface area (Å²) in [4.78, 5) is 20.3. The number of nitrogens with one attached hydrogen (secondary N) is 2. The zero-order valence-electron chi connectivity index (χ0n) is 14.6. The summed E-state index contributed by atoms with van der Waals surface area (Å²) in [6.45, 7) is 0. The molecule has 6 nitrogen and oxygen atoms in total. The minimum atomic E-state index is -4.43. The third-order valence-corrected chi connectivity index (χ3v) is 3.70. The lowest BCUT2D eigenvalue weighted by atomic mass is 10.2. The summed E-state index contributed by atoms with van der Waals surface area (Å²) >= 11 is 0. The number of hydrogen-bond donors (Lipinski definition) is 2. The fourth-order valence-corrected chi connectivity index (χ4v) is 2.30. The van der Waals surface area contributed by atoms with Gasteiger partial charge in [-0.1, -0.05) is 6.07 Å². The Morgan fingerprint density at radius 1 is 1.00 bits per heavy atom. The van der Waals surface area contributed by atoms with E-state index in [1.807, 2.05) is 6.07 Å². The maximum atomic E-state index is 12.6. The van der Waals surface area contributed by atoms with Crippen molar-refractivity contribution >= 4 is 23.1 Å². The molecule has 0 aliphatic rings. The van der Waals surface area contributed by atoms with E-state index in [1.165, 1.54) is 24.5 Å². The summed E-state index contributed by atoms with van der Waals surface area (Å²) in [7, 11) is 1.56. The lowest BCUT2D eigenvalue weighted by Crippen LogP contribution is -2.14. The van der Waals surface area contributed by atoms with Crippen LogP contribution in [0.5, 0.6) is 5.75 Å². The van der Waals surface area contributed by atoms with Crippen LogP contribution in [0, 0.1) is 0 Å². The molecule has 0 saturated carbocycles. The molecule has 2 aromatic carbocycles. The minimum absolute atomic E-state index is 0.0242. The van der Waals surface area contributed by atoms with Gasteiger partial charge in [0.15, 0.2) is 0 Å². The number of rotatable bonds is 5. The highest BCUT2D eigenvalue weighted by Crippen LogP contribution is 2.29. The van der Waals surface area contributed by atoms with Crippen molar-refractivity contribution in [3.05, 3.63) is 72.2 Å². The van der Waals surface area contributed by atoms with Crippen molar-refractivity contribution in [3.8, 4) is 5.75 Å². The van der Waals surface area contributed by atoms with E-state index >= 15 is 0 Å². The van der Waals surface area contributed by atoms with Gasteiger partial charge in [0.05, 0.1) is 25.1 Å². The van der Waals surface area contributed by atoms with Gasteiger partial charge in [-0.3, -0.25) is 4.79 Å². The zero-order valence-corrected chi connectivity index (χ0v) is 14.6. The Bertz CT molecular complexity index is 958. The molecule has 1 amide bonds. The van der Waals surface area contributed by atoms with Crippen LogP contribution in [0.15, 0.2) is 60.9 Å². The molecule has 2 N–H and O–H groups in total. The Hall–Kier alpha value is -3.62. The maximum absolute atomic E-state index is 12.6. The smallest absolute Gasteiger partial charge is 0.416 e. The average molecular weight is 388 g/mol. The van der Waals surface area contributed by atoms with Crippen molar-refractivity contribution in [3.63, 3.8) is 0 Å². The van der Waals surface area contributed by atoms with Gasteiger partial charge in [-0.15, -0.1) is 0 Å². The van der Waals surface area contributed by atoms with Crippen molar-refractivity contribution in [1.29, 1.82) is 0 Å². The maximum Gasteiger partial charge on any atom is 0.416 e. The molecule has 1 aromatic heterocycles. The lowest BCUT2D eigenvalue weighted by molar-refractivity contribution is -0.137. The van der Waals surface area contributed by atoms with Crippen molar-refractivity contribution in [2.24, 2.45) is 0 Å². The van der Waals surface area contributed by atoms with Crippen LogP contribution >= 0.6 is 0 Å². The second-order valence-electron chi connectivity index (χ2n) is 5.67. The van der Waals surface area contributed by atoms with Crippen LogP contribution in [0.25, 0.3) is 0 Å². The molecule has 0 bridgehead atoms. The van der Waals surface area contributed by atoms with Crippen molar-refractivity contribution < 1.29 is 22.7 Å². The molecule has 0 saturated heterocycles. The predicted molar refractivity (Wildman–Crippen MR) is 97.7 cm³/mol. The van der Waals surface area contributed by atoms with Gasteiger partial charge in [0.2, 0.25) is 0 Å². The second kappa shape index (κ2) is 7.95. The molecular formula is C19H15F3N4O2. The normalized spacial score (nSPS) is 11.0. The number of halogens is 3. The molecule has 3 aromatic rings. The van der Waals surface area contributed by atoms with E-state index in [0.717, 1.165) is 17.8 Å². The van der Waals surface area contributed by atoms with Crippen molar-refractivity contribution in [2.75, 3.05) is 17.7 Å². The molecule has 0 unspecified atom stereocenters. The fourth-order valence-electron chi connectivity index (χ4n) is 2.30. The Balaban J connectivity index is 1.65. The summed E-state index contributed by atoms with van der Waals surface area (Å²) in [5.41, 5.74) is 0.184. The number of hydrogen-bond acceptors (Lipinski definition) is 5. The highest BCUT2D eigenvalue weighted by Gasteiger charge is 2.30. The van der Waals surface area contributed by atoms with Crippen LogP contribution < -0.4 is 15.4 Å². The highest BCUT2D eigenvalue weighted by atomic mass is 19.4. The summed E-state index contributed by atoms with van der Waals surface area (Å²) in [6.07, 6.45) is -1.79. The number of aromatic nitrogens is 2. The molecule has 144 valence electrons. The summed E-state index contributed by atoms with van der Waals surface area (Å²) in [5.74, 6) is 0.505. The predicted octanol–water partition coefficient (Wildman–Crippen LogP) is 4.50. The number of alkyl halides is 3. The third kappa shape index (κ3) is 4.76. The van der Waals surface area contributed by atoms with Crippen LogP contribution in [0.4, 0.5) is 30.4 Å². The first kappa shape index (κ1) is 19.2. The molecule has 0 spiro atoms.